The molecular formula is C27H34N2O3S2. The van der Waals surface area contributed by atoms with Crippen molar-refractivity contribution in [2.75, 3.05) is 12.8 Å². The number of hydrogen-bond donors (Lipinski definition) is 1. The highest BCUT2D eigenvalue weighted by molar-refractivity contribution is 7.98. The van der Waals surface area contributed by atoms with Crippen LogP contribution in [0.25, 0.3) is 12.2 Å². The van der Waals surface area contributed by atoms with Gasteiger partial charge >= 0.3 is 0 Å². The van der Waals surface area contributed by atoms with E-state index in [1.807, 2.05) is 57.4 Å². The second-order valence-electron chi connectivity index (χ2n) is 9.58. The van der Waals surface area contributed by atoms with Crippen LogP contribution in [-0.4, -0.2) is 29.1 Å². The molecule has 0 radical (unpaired) electrons. The summed E-state index contributed by atoms with van der Waals surface area (Å²) in [7, 11) is 0. The Bertz CT molecular complexity index is 1230. The minimum Gasteiger partial charge on any atom is -0.354 e. The number of amides is 1. The summed E-state index contributed by atoms with van der Waals surface area (Å²) in [6.07, 6.45) is 13.1. The van der Waals surface area contributed by atoms with Crippen molar-refractivity contribution in [3.05, 3.63) is 61.0 Å². The van der Waals surface area contributed by atoms with Crippen molar-refractivity contribution < 1.29 is 9.59 Å². The standard InChI is InChI=1S/C27H34N2O3S2/c1-27(2,3)23(30)17-25-29(18-24(31)28-15-14-19-8-6-5-7-9-19)26(32)22(34-25)16-20-10-12-21(33-4)13-11-20/h8,10-13,16-17H,5-7,9,14-15,18H2,1-4H3,(H,28,31)/b22-16-,25-17+. The van der Waals surface area contributed by atoms with Crippen LogP contribution in [-0.2, 0) is 16.1 Å². The molecule has 3 rings (SSSR count). The molecule has 0 saturated heterocycles. The average molecular weight is 499 g/mol. The fourth-order valence-electron chi connectivity index (χ4n) is 3.67. The molecule has 0 unspecified atom stereocenters. The van der Waals surface area contributed by atoms with Crippen molar-refractivity contribution in [3.63, 3.8) is 0 Å². The van der Waals surface area contributed by atoms with Crippen molar-refractivity contribution in [1.82, 2.24) is 9.88 Å². The number of benzene rings is 1. The van der Waals surface area contributed by atoms with Crippen molar-refractivity contribution in [1.29, 1.82) is 0 Å². The number of rotatable bonds is 8. The third-order valence-corrected chi connectivity index (χ3v) is 7.60. The molecule has 0 spiro atoms. The van der Waals surface area contributed by atoms with Gasteiger partial charge in [0.1, 0.15) is 11.2 Å². The Morgan fingerprint density at radius 2 is 1.91 bits per heavy atom. The summed E-state index contributed by atoms with van der Waals surface area (Å²) in [5.41, 5.74) is 1.48. The van der Waals surface area contributed by atoms with Crippen LogP contribution < -0.4 is 20.1 Å². The summed E-state index contributed by atoms with van der Waals surface area (Å²) in [6, 6.07) is 7.94. The second kappa shape index (κ2) is 11.8. The Kier molecular flexibility index (Phi) is 9.14. The molecule has 1 aliphatic carbocycles. The van der Waals surface area contributed by atoms with Gasteiger partial charge in [0, 0.05) is 22.9 Å². The number of thioether (sulfide) groups is 1. The molecule has 2 aromatic rings. The lowest BCUT2D eigenvalue weighted by molar-refractivity contribution is -0.122. The average Bonchev–Trinajstić information content (AvgIpc) is 3.08. The molecule has 1 aromatic heterocycles. The Balaban J connectivity index is 1.87. The molecule has 1 heterocycles. The van der Waals surface area contributed by atoms with Gasteiger partial charge in [-0.25, -0.2) is 0 Å². The predicted molar refractivity (Wildman–Crippen MR) is 143 cm³/mol. The van der Waals surface area contributed by atoms with E-state index in [4.69, 9.17) is 0 Å². The van der Waals surface area contributed by atoms with Crippen LogP contribution in [0.15, 0.2) is 45.6 Å². The summed E-state index contributed by atoms with van der Waals surface area (Å²) < 4.78 is 2.43. The monoisotopic (exact) mass is 498 g/mol. The Labute approximate surface area is 209 Å². The van der Waals surface area contributed by atoms with Crippen LogP contribution in [0.1, 0.15) is 58.4 Å². The molecule has 0 aliphatic heterocycles. The highest BCUT2D eigenvalue weighted by Gasteiger charge is 2.20. The molecule has 0 fully saturated rings. The molecular weight excluding hydrogens is 464 g/mol. The molecule has 34 heavy (non-hydrogen) atoms. The lowest BCUT2D eigenvalue weighted by Crippen LogP contribution is -2.39. The van der Waals surface area contributed by atoms with Gasteiger partial charge in [-0.3, -0.25) is 19.0 Å². The number of allylic oxidation sites excluding steroid dienone is 1. The molecule has 1 aromatic carbocycles. The number of Topliss-reactive ketones (excluding diaryl/α,β-unsaturated/α-hetero) is 1. The molecule has 5 nitrogen and oxygen atoms in total. The van der Waals surface area contributed by atoms with Crippen molar-refractivity contribution in [2.24, 2.45) is 5.41 Å². The topological polar surface area (TPSA) is 68.2 Å². The van der Waals surface area contributed by atoms with Crippen LogP contribution in [0.3, 0.4) is 0 Å². The summed E-state index contributed by atoms with van der Waals surface area (Å²) in [5.74, 6) is -0.298. The summed E-state index contributed by atoms with van der Waals surface area (Å²) >= 11 is 2.91. The molecule has 7 heteroatoms. The van der Waals surface area contributed by atoms with E-state index in [0.717, 1.165) is 29.7 Å². The SMILES string of the molecule is CSc1ccc(/C=c2\s/c(=C/C(=O)C(C)(C)C)n(CC(=O)NCCC3=CCCCC3)c2=O)cc1. The van der Waals surface area contributed by atoms with Gasteiger partial charge in [-0.05, 0) is 62.1 Å². The third kappa shape index (κ3) is 7.31. The first-order chi connectivity index (χ1) is 16.2. The number of nitrogens with one attached hydrogen (secondary N) is 1. The summed E-state index contributed by atoms with van der Waals surface area (Å²) in [5, 5.41) is 2.94. The highest BCUT2D eigenvalue weighted by atomic mass is 32.2. The minimum absolute atomic E-state index is 0.0805. The van der Waals surface area contributed by atoms with Crippen LogP contribution in [0.4, 0.5) is 0 Å². The van der Waals surface area contributed by atoms with Crippen molar-refractivity contribution >= 4 is 46.9 Å². The number of carbonyl (C=O) groups excluding carboxylic acids is 2. The number of hydrogen-bond acceptors (Lipinski definition) is 5. The number of thiazole rings is 1. The van der Waals surface area contributed by atoms with Crippen molar-refractivity contribution in [3.8, 4) is 0 Å². The van der Waals surface area contributed by atoms with Crippen LogP contribution >= 0.6 is 23.1 Å². The maximum Gasteiger partial charge on any atom is 0.269 e. The van der Waals surface area contributed by atoms with Gasteiger partial charge in [-0.15, -0.1) is 23.1 Å². The van der Waals surface area contributed by atoms with Crippen LogP contribution in [0.2, 0.25) is 0 Å². The van der Waals surface area contributed by atoms with E-state index >= 15 is 0 Å². The normalized spacial score (nSPS) is 15.4. The second-order valence-corrected chi connectivity index (χ2v) is 11.5. The number of ketones is 1. The predicted octanol–water partition coefficient (Wildman–Crippen LogP) is 3.86. The number of carbonyl (C=O) groups is 2. The van der Waals surface area contributed by atoms with E-state index in [9.17, 15) is 14.4 Å². The molecule has 0 bridgehead atoms. The van der Waals surface area contributed by atoms with Crippen molar-refractivity contribution in [2.45, 2.75) is 64.3 Å². The van der Waals surface area contributed by atoms with Gasteiger partial charge < -0.3 is 5.32 Å². The van der Waals surface area contributed by atoms with Gasteiger partial charge in [0.2, 0.25) is 5.91 Å². The molecule has 182 valence electrons. The van der Waals surface area contributed by atoms with E-state index in [-0.39, 0.29) is 23.8 Å². The first-order valence-corrected chi connectivity index (χ1v) is 13.8. The molecule has 1 aliphatic rings. The Morgan fingerprint density at radius 3 is 2.53 bits per heavy atom. The van der Waals surface area contributed by atoms with Gasteiger partial charge in [0.25, 0.3) is 5.56 Å². The highest BCUT2D eigenvalue weighted by Crippen LogP contribution is 2.19. The van der Waals surface area contributed by atoms with Gasteiger partial charge in [-0.1, -0.05) is 44.6 Å². The lowest BCUT2D eigenvalue weighted by atomic mass is 9.91. The fraction of sp³-hybridized carbons (Fsp3) is 0.444. The first kappa shape index (κ1) is 26.2. The number of nitrogens with zero attached hydrogens (tertiary/aromatic N) is 1. The van der Waals surface area contributed by atoms with E-state index in [2.05, 4.69) is 11.4 Å². The Hall–Kier alpha value is -2.38. The number of aromatic nitrogens is 1. The maximum atomic E-state index is 13.2. The van der Waals surface area contributed by atoms with E-state index in [0.29, 0.717) is 15.7 Å². The zero-order valence-electron chi connectivity index (χ0n) is 20.5. The quantitative estimate of drug-likeness (QED) is 0.443. The maximum absolute atomic E-state index is 13.2. The van der Waals surface area contributed by atoms with Gasteiger partial charge in [0.15, 0.2) is 5.78 Å². The molecule has 0 atom stereocenters. The minimum atomic E-state index is -0.571. The van der Waals surface area contributed by atoms with E-state index < -0.39 is 5.41 Å². The van der Waals surface area contributed by atoms with E-state index in [1.54, 1.807) is 11.8 Å². The zero-order valence-corrected chi connectivity index (χ0v) is 22.1. The lowest BCUT2D eigenvalue weighted by Gasteiger charge is -2.13. The summed E-state index contributed by atoms with van der Waals surface area (Å²) in [4.78, 5) is 39.7. The fourth-order valence-corrected chi connectivity index (χ4v) is 5.12. The first-order valence-electron chi connectivity index (χ1n) is 11.7. The summed E-state index contributed by atoms with van der Waals surface area (Å²) in [6.45, 7) is 5.99. The van der Waals surface area contributed by atoms with Crippen LogP contribution in [0.5, 0.6) is 0 Å². The van der Waals surface area contributed by atoms with Gasteiger partial charge in [-0.2, -0.15) is 0 Å². The van der Waals surface area contributed by atoms with E-state index in [1.165, 1.54) is 40.4 Å². The molecule has 1 amide bonds. The zero-order chi connectivity index (χ0) is 24.7. The Morgan fingerprint density at radius 1 is 1.18 bits per heavy atom. The molecule has 0 saturated carbocycles. The largest absolute Gasteiger partial charge is 0.354 e. The third-order valence-electron chi connectivity index (χ3n) is 5.80. The van der Waals surface area contributed by atoms with Crippen LogP contribution in [0, 0.1) is 5.41 Å². The van der Waals surface area contributed by atoms with Gasteiger partial charge in [0.05, 0.1) is 4.53 Å². The smallest absolute Gasteiger partial charge is 0.269 e. The molecule has 1 N–H and O–H groups in total.